The van der Waals surface area contributed by atoms with Gasteiger partial charge in [-0.3, -0.25) is 4.79 Å². The Bertz CT molecular complexity index is 639. The molecule has 2 aromatic rings. The van der Waals surface area contributed by atoms with Gasteiger partial charge in [-0.15, -0.1) is 23.7 Å². The second kappa shape index (κ2) is 6.08. The summed E-state index contributed by atoms with van der Waals surface area (Å²) < 4.78 is 14.6. The van der Waals surface area contributed by atoms with Crippen LogP contribution in [0, 0.1) is 18.7 Å². The summed E-state index contributed by atoms with van der Waals surface area (Å²) in [5.74, 6) is 0.175. The fourth-order valence-electron chi connectivity index (χ4n) is 2.28. The van der Waals surface area contributed by atoms with Crippen molar-refractivity contribution in [2.45, 2.75) is 6.92 Å². The molecule has 0 bridgehead atoms. The third-order valence-electron chi connectivity index (χ3n) is 3.53. The van der Waals surface area contributed by atoms with Crippen molar-refractivity contribution in [1.82, 2.24) is 10.6 Å². The van der Waals surface area contributed by atoms with Crippen LogP contribution in [0.4, 0.5) is 4.39 Å². The van der Waals surface area contributed by atoms with E-state index in [1.54, 1.807) is 6.07 Å². The number of carbonyl (C=O) groups excluding carboxylic acids is 1. The van der Waals surface area contributed by atoms with E-state index in [0.717, 1.165) is 23.4 Å². The number of rotatable bonds is 3. The van der Waals surface area contributed by atoms with Crippen LogP contribution in [-0.2, 0) is 0 Å². The summed E-state index contributed by atoms with van der Waals surface area (Å²) in [5, 5.41) is 6.67. The lowest BCUT2D eigenvalue weighted by Gasteiger charge is -2.26. The molecule has 2 heterocycles. The molecule has 0 unspecified atom stereocenters. The number of thiophene rings is 1. The van der Waals surface area contributed by atoms with Crippen LogP contribution in [0.5, 0.6) is 0 Å². The molecule has 0 spiro atoms. The van der Waals surface area contributed by atoms with E-state index in [1.807, 2.05) is 13.0 Å². The highest BCUT2D eigenvalue weighted by Crippen LogP contribution is 2.32. The molecule has 1 aromatic heterocycles. The van der Waals surface area contributed by atoms with Crippen molar-refractivity contribution in [1.29, 1.82) is 0 Å². The van der Waals surface area contributed by atoms with Gasteiger partial charge < -0.3 is 10.6 Å². The number of aryl methyl sites for hydroxylation is 1. The maximum Gasteiger partial charge on any atom is 0.261 e. The second-order valence-corrected chi connectivity index (χ2v) is 5.96. The van der Waals surface area contributed by atoms with E-state index in [-0.39, 0.29) is 24.1 Å². The van der Waals surface area contributed by atoms with Gasteiger partial charge in [0.05, 0.1) is 4.88 Å². The van der Waals surface area contributed by atoms with E-state index in [1.165, 1.54) is 17.4 Å². The fourth-order valence-corrected chi connectivity index (χ4v) is 3.42. The standard InChI is InChI=1S/C14H15FN2OS.ClH/c1-8-12-10(15)3-2-4-11(12)19-13(8)14(18)17-7-9-5-16-6-9;/h2-4,9,16H,5-7H2,1H3,(H,17,18);1H. The van der Waals surface area contributed by atoms with Crippen LogP contribution in [-0.4, -0.2) is 25.5 Å². The van der Waals surface area contributed by atoms with Crippen molar-refractivity contribution in [3.63, 3.8) is 0 Å². The van der Waals surface area contributed by atoms with Gasteiger partial charge in [0.2, 0.25) is 0 Å². The van der Waals surface area contributed by atoms with Crippen LogP contribution in [0.2, 0.25) is 0 Å². The third-order valence-corrected chi connectivity index (χ3v) is 4.78. The van der Waals surface area contributed by atoms with E-state index < -0.39 is 0 Å². The van der Waals surface area contributed by atoms with Gasteiger partial charge in [-0.25, -0.2) is 4.39 Å². The average Bonchev–Trinajstić information content (AvgIpc) is 2.66. The van der Waals surface area contributed by atoms with E-state index in [2.05, 4.69) is 10.6 Å². The molecule has 0 radical (unpaired) electrons. The molecule has 108 valence electrons. The van der Waals surface area contributed by atoms with E-state index in [4.69, 9.17) is 0 Å². The van der Waals surface area contributed by atoms with Gasteiger partial charge in [-0.2, -0.15) is 0 Å². The zero-order valence-corrected chi connectivity index (χ0v) is 12.7. The van der Waals surface area contributed by atoms with Gasteiger partial charge in [0, 0.05) is 35.6 Å². The number of hydrogen-bond acceptors (Lipinski definition) is 3. The van der Waals surface area contributed by atoms with Gasteiger partial charge >= 0.3 is 0 Å². The van der Waals surface area contributed by atoms with Crippen molar-refractivity contribution in [2.24, 2.45) is 5.92 Å². The number of amides is 1. The Morgan fingerprint density at radius 2 is 2.25 bits per heavy atom. The van der Waals surface area contributed by atoms with Crippen molar-refractivity contribution < 1.29 is 9.18 Å². The smallest absolute Gasteiger partial charge is 0.261 e. The summed E-state index contributed by atoms with van der Waals surface area (Å²) in [7, 11) is 0. The van der Waals surface area contributed by atoms with E-state index >= 15 is 0 Å². The topological polar surface area (TPSA) is 41.1 Å². The Labute approximate surface area is 127 Å². The molecular weight excluding hydrogens is 299 g/mol. The Morgan fingerprint density at radius 3 is 2.85 bits per heavy atom. The maximum atomic E-state index is 13.8. The van der Waals surface area contributed by atoms with Crippen LogP contribution in [0.25, 0.3) is 10.1 Å². The molecule has 1 aromatic carbocycles. The SMILES string of the molecule is Cc1c(C(=O)NCC2CNC2)sc2cccc(F)c12.Cl. The van der Waals surface area contributed by atoms with Crippen LogP contribution in [0.1, 0.15) is 15.2 Å². The van der Waals surface area contributed by atoms with Crippen molar-refractivity contribution in [2.75, 3.05) is 19.6 Å². The molecule has 6 heteroatoms. The maximum absolute atomic E-state index is 13.8. The van der Waals surface area contributed by atoms with Crippen LogP contribution in [0.3, 0.4) is 0 Å². The Hall–Kier alpha value is -1.17. The first kappa shape index (κ1) is 15.2. The largest absolute Gasteiger partial charge is 0.351 e. The van der Waals surface area contributed by atoms with Gasteiger partial charge in [-0.1, -0.05) is 6.07 Å². The van der Waals surface area contributed by atoms with Gasteiger partial charge in [0.15, 0.2) is 0 Å². The molecule has 3 nitrogen and oxygen atoms in total. The zero-order chi connectivity index (χ0) is 13.4. The van der Waals surface area contributed by atoms with Crippen molar-refractivity contribution in [3.8, 4) is 0 Å². The van der Waals surface area contributed by atoms with E-state index in [9.17, 15) is 9.18 Å². The zero-order valence-electron chi connectivity index (χ0n) is 11.0. The molecule has 20 heavy (non-hydrogen) atoms. The Balaban J connectivity index is 0.00000147. The predicted octanol–water partition coefficient (Wildman–Crippen LogP) is 2.72. The monoisotopic (exact) mass is 314 g/mol. The summed E-state index contributed by atoms with van der Waals surface area (Å²) in [4.78, 5) is 12.8. The van der Waals surface area contributed by atoms with E-state index in [0.29, 0.717) is 22.7 Å². The number of hydrogen-bond donors (Lipinski definition) is 2. The number of halogens is 2. The van der Waals surface area contributed by atoms with Crippen LogP contribution < -0.4 is 10.6 Å². The summed E-state index contributed by atoms with van der Waals surface area (Å²) in [6.07, 6.45) is 0. The molecule has 0 aliphatic carbocycles. The second-order valence-electron chi connectivity index (χ2n) is 4.90. The van der Waals surface area contributed by atoms with Gasteiger partial charge in [0.25, 0.3) is 5.91 Å². The summed E-state index contributed by atoms with van der Waals surface area (Å²) in [5.41, 5.74) is 0.738. The highest BCUT2D eigenvalue weighted by atomic mass is 35.5. The molecule has 0 saturated carbocycles. The molecule has 3 rings (SSSR count). The molecule has 1 aliphatic rings. The molecule has 0 atom stereocenters. The van der Waals surface area contributed by atoms with Crippen LogP contribution >= 0.6 is 23.7 Å². The average molecular weight is 315 g/mol. The number of benzene rings is 1. The molecule has 1 fully saturated rings. The van der Waals surface area contributed by atoms with Crippen LogP contribution in [0.15, 0.2) is 18.2 Å². The number of carbonyl (C=O) groups is 1. The lowest BCUT2D eigenvalue weighted by atomic mass is 10.0. The third kappa shape index (κ3) is 2.66. The highest BCUT2D eigenvalue weighted by Gasteiger charge is 2.20. The first-order valence-electron chi connectivity index (χ1n) is 6.33. The normalized spacial score (nSPS) is 14.7. The summed E-state index contributed by atoms with van der Waals surface area (Å²) in [6.45, 7) is 4.41. The first-order valence-corrected chi connectivity index (χ1v) is 7.15. The highest BCUT2D eigenvalue weighted by molar-refractivity contribution is 7.21. The summed E-state index contributed by atoms with van der Waals surface area (Å²) >= 11 is 1.36. The minimum atomic E-state index is -0.256. The summed E-state index contributed by atoms with van der Waals surface area (Å²) in [6, 6.07) is 4.96. The van der Waals surface area contributed by atoms with Crippen molar-refractivity contribution >= 4 is 39.7 Å². The molecule has 1 amide bonds. The minimum Gasteiger partial charge on any atom is -0.351 e. The lowest BCUT2D eigenvalue weighted by molar-refractivity contribution is 0.0946. The number of nitrogens with one attached hydrogen (secondary N) is 2. The Kier molecular flexibility index (Phi) is 4.62. The van der Waals surface area contributed by atoms with Gasteiger partial charge in [0.1, 0.15) is 5.82 Å². The minimum absolute atomic E-state index is 0. The molecular formula is C14H16ClFN2OS. The van der Waals surface area contributed by atoms with Crippen molar-refractivity contribution in [3.05, 3.63) is 34.5 Å². The predicted molar refractivity (Wildman–Crippen MR) is 82.5 cm³/mol. The first-order chi connectivity index (χ1) is 9.16. The fraction of sp³-hybridized carbons (Fsp3) is 0.357. The quantitative estimate of drug-likeness (QED) is 0.914. The van der Waals surface area contributed by atoms with Gasteiger partial charge in [-0.05, 0) is 24.6 Å². The Morgan fingerprint density at radius 1 is 1.50 bits per heavy atom. The number of fused-ring (bicyclic) bond motifs is 1. The lowest BCUT2D eigenvalue weighted by Crippen LogP contribution is -2.48. The molecule has 1 aliphatic heterocycles. The molecule has 1 saturated heterocycles. The molecule has 2 N–H and O–H groups in total.